The highest BCUT2D eigenvalue weighted by molar-refractivity contribution is 6.19. The predicted octanol–water partition coefficient (Wildman–Crippen LogP) is 13.7. The summed E-state index contributed by atoms with van der Waals surface area (Å²) in [6, 6.07) is 57.2. The first-order valence-corrected chi connectivity index (χ1v) is 16.8. The first kappa shape index (κ1) is 27.2. The van der Waals surface area contributed by atoms with E-state index >= 15 is 0 Å². The summed E-state index contributed by atoms with van der Waals surface area (Å²) in [5.74, 6) is 0. The number of hydrogen-bond donors (Lipinski definition) is 0. The molecule has 0 bridgehead atoms. The molecule has 11 rings (SSSR count). The van der Waals surface area contributed by atoms with E-state index in [1.165, 1.54) is 0 Å². The van der Waals surface area contributed by atoms with Crippen LogP contribution in [0.3, 0.4) is 0 Å². The van der Waals surface area contributed by atoms with Crippen LogP contribution < -0.4 is 4.90 Å². The molecule has 0 unspecified atom stereocenters. The lowest BCUT2D eigenvalue weighted by molar-refractivity contribution is 0.669. The second-order valence-electron chi connectivity index (χ2n) is 12.9. The van der Waals surface area contributed by atoms with Crippen molar-refractivity contribution in [2.75, 3.05) is 4.90 Å². The van der Waals surface area contributed by atoms with Crippen molar-refractivity contribution in [3.05, 3.63) is 164 Å². The number of benzene rings is 8. The van der Waals surface area contributed by atoms with Crippen LogP contribution in [0.4, 0.5) is 17.1 Å². The number of hydrogen-bond acceptors (Lipinski definition) is 4. The standard InChI is InChI=1S/C46H27NO3/c1-4-13-40-34(9-1)37-24-21-31(26-43(37)48-40)47(32-22-25-38-35-10-2-5-14-41(35)49-44(38)27-32)30-19-16-28(17-20-30)33-12-7-8-29-18-23-39-36-11-3-6-15-42(36)50-46(39)45(29)33/h1-27H. The molecule has 0 saturated carbocycles. The maximum atomic E-state index is 6.49. The van der Waals surface area contributed by atoms with Gasteiger partial charge in [0.1, 0.15) is 33.5 Å². The summed E-state index contributed by atoms with van der Waals surface area (Å²) in [7, 11) is 0. The van der Waals surface area contributed by atoms with Crippen LogP contribution in [-0.4, -0.2) is 0 Å². The van der Waals surface area contributed by atoms with E-state index in [-0.39, 0.29) is 0 Å². The van der Waals surface area contributed by atoms with Crippen LogP contribution in [0.1, 0.15) is 0 Å². The average molecular weight is 642 g/mol. The fourth-order valence-corrected chi connectivity index (χ4v) is 7.74. The molecular weight excluding hydrogens is 615 g/mol. The molecular formula is C46H27NO3. The molecule has 4 heteroatoms. The van der Waals surface area contributed by atoms with Gasteiger partial charge in [-0.25, -0.2) is 0 Å². The largest absolute Gasteiger partial charge is 0.456 e. The summed E-state index contributed by atoms with van der Waals surface area (Å²) in [6.45, 7) is 0. The van der Waals surface area contributed by atoms with Gasteiger partial charge in [0, 0.05) is 66.9 Å². The van der Waals surface area contributed by atoms with Crippen molar-refractivity contribution in [3.8, 4) is 11.1 Å². The summed E-state index contributed by atoms with van der Waals surface area (Å²) in [6.07, 6.45) is 0. The smallest absolute Gasteiger partial charge is 0.143 e. The zero-order valence-electron chi connectivity index (χ0n) is 26.8. The minimum Gasteiger partial charge on any atom is -0.456 e. The van der Waals surface area contributed by atoms with E-state index < -0.39 is 0 Å². The van der Waals surface area contributed by atoms with Gasteiger partial charge in [-0.05, 0) is 77.2 Å². The molecule has 0 radical (unpaired) electrons. The molecule has 3 heterocycles. The third-order valence-electron chi connectivity index (χ3n) is 10.1. The van der Waals surface area contributed by atoms with Crippen LogP contribution in [0.2, 0.25) is 0 Å². The predicted molar refractivity (Wildman–Crippen MR) is 206 cm³/mol. The Labute approximate surface area is 286 Å². The molecule has 0 saturated heterocycles. The summed E-state index contributed by atoms with van der Waals surface area (Å²) in [4.78, 5) is 2.27. The minimum atomic E-state index is 0.848. The molecule has 50 heavy (non-hydrogen) atoms. The summed E-state index contributed by atoms with van der Waals surface area (Å²) >= 11 is 0. The van der Waals surface area contributed by atoms with E-state index in [2.05, 4.69) is 132 Å². The van der Waals surface area contributed by atoms with Crippen molar-refractivity contribution >= 4 is 93.7 Å². The van der Waals surface area contributed by atoms with Gasteiger partial charge in [-0.3, -0.25) is 0 Å². The molecule has 0 aliphatic carbocycles. The van der Waals surface area contributed by atoms with Crippen molar-refractivity contribution in [3.63, 3.8) is 0 Å². The van der Waals surface area contributed by atoms with Crippen molar-refractivity contribution < 1.29 is 13.3 Å². The summed E-state index contributed by atoms with van der Waals surface area (Å²) in [5.41, 5.74) is 10.5. The summed E-state index contributed by atoms with van der Waals surface area (Å²) < 4.78 is 19.2. The lowest BCUT2D eigenvalue weighted by Crippen LogP contribution is -2.09. The summed E-state index contributed by atoms with van der Waals surface area (Å²) in [5, 5.41) is 8.96. The Morgan fingerprint density at radius 1 is 0.340 bits per heavy atom. The zero-order valence-corrected chi connectivity index (χ0v) is 26.8. The molecule has 3 aromatic heterocycles. The molecule has 0 aliphatic rings. The third kappa shape index (κ3) is 3.99. The lowest BCUT2D eigenvalue weighted by Gasteiger charge is -2.25. The van der Waals surface area contributed by atoms with Crippen LogP contribution in [0.15, 0.2) is 177 Å². The fourth-order valence-electron chi connectivity index (χ4n) is 7.74. The Morgan fingerprint density at radius 2 is 0.840 bits per heavy atom. The monoisotopic (exact) mass is 641 g/mol. The second kappa shape index (κ2) is 10.4. The van der Waals surface area contributed by atoms with E-state index in [9.17, 15) is 0 Å². The van der Waals surface area contributed by atoms with Crippen molar-refractivity contribution in [1.82, 2.24) is 0 Å². The molecule has 4 nitrogen and oxygen atoms in total. The normalized spacial score (nSPS) is 12.0. The van der Waals surface area contributed by atoms with Crippen LogP contribution in [0.5, 0.6) is 0 Å². The number of nitrogens with zero attached hydrogens (tertiary/aromatic N) is 1. The maximum Gasteiger partial charge on any atom is 0.143 e. The zero-order chi connectivity index (χ0) is 32.8. The van der Waals surface area contributed by atoms with Crippen LogP contribution >= 0.6 is 0 Å². The van der Waals surface area contributed by atoms with Gasteiger partial charge in [-0.1, -0.05) is 91.0 Å². The second-order valence-corrected chi connectivity index (χ2v) is 12.9. The van der Waals surface area contributed by atoms with Crippen LogP contribution in [-0.2, 0) is 0 Å². The number of fused-ring (bicyclic) bond motifs is 11. The minimum absolute atomic E-state index is 0.848. The van der Waals surface area contributed by atoms with Gasteiger partial charge in [-0.15, -0.1) is 0 Å². The first-order valence-electron chi connectivity index (χ1n) is 16.8. The van der Waals surface area contributed by atoms with Crippen LogP contribution in [0, 0.1) is 0 Å². The molecule has 0 atom stereocenters. The Morgan fingerprint density at radius 3 is 1.46 bits per heavy atom. The van der Waals surface area contributed by atoms with E-state index in [4.69, 9.17) is 13.3 Å². The van der Waals surface area contributed by atoms with E-state index in [1.54, 1.807) is 0 Å². The van der Waals surface area contributed by atoms with Crippen molar-refractivity contribution in [2.45, 2.75) is 0 Å². The van der Waals surface area contributed by atoms with E-state index in [0.29, 0.717) is 0 Å². The number of furan rings is 3. The van der Waals surface area contributed by atoms with Crippen LogP contribution in [0.25, 0.3) is 87.7 Å². The molecule has 234 valence electrons. The fraction of sp³-hybridized carbons (Fsp3) is 0. The number of rotatable bonds is 4. The van der Waals surface area contributed by atoms with E-state index in [1.807, 2.05) is 36.4 Å². The van der Waals surface area contributed by atoms with Gasteiger partial charge in [0.15, 0.2) is 0 Å². The highest BCUT2D eigenvalue weighted by Gasteiger charge is 2.19. The van der Waals surface area contributed by atoms with Gasteiger partial charge < -0.3 is 18.2 Å². The van der Waals surface area contributed by atoms with Gasteiger partial charge >= 0.3 is 0 Å². The molecule has 0 amide bonds. The van der Waals surface area contributed by atoms with Gasteiger partial charge in [0.2, 0.25) is 0 Å². The van der Waals surface area contributed by atoms with Gasteiger partial charge in [-0.2, -0.15) is 0 Å². The average Bonchev–Trinajstić information content (AvgIpc) is 3.86. The van der Waals surface area contributed by atoms with Crippen molar-refractivity contribution in [1.29, 1.82) is 0 Å². The van der Waals surface area contributed by atoms with E-state index in [0.717, 1.165) is 105 Å². The highest BCUT2D eigenvalue weighted by Crippen LogP contribution is 2.43. The highest BCUT2D eigenvalue weighted by atomic mass is 16.3. The van der Waals surface area contributed by atoms with Gasteiger partial charge in [0.05, 0.1) is 0 Å². The van der Waals surface area contributed by atoms with Crippen molar-refractivity contribution in [2.24, 2.45) is 0 Å². The number of anilines is 3. The Hall–Kier alpha value is -6.78. The number of para-hydroxylation sites is 3. The SMILES string of the molecule is c1cc(-c2ccc(N(c3ccc4c(c3)oc3ccccc34)c3ccc4c(c3)oc3ccccc34)cc2)c2c(c1)ccc1c3ccccc3oc12. The molecule has 0 N–H and O–H groups in total. The Bertz CT molecular complexity index is 2990. The Kier molecular flexibility index (Phi) is 5.63. The molecule has 8 aromatic carbocycles. The lowest BCUT2D eigenvalue weighted by atomic mass is 9.96. The maximum absolute atomic E-state index is 6.49. The first-order chi connectivity index (χ1) is 24.8. The Balaban J connectivity index is 1.09. The molecule has 0 spiro atoms. The molecule has 0 fully saturated rings. The van der Waals surface area contributed by atoms with Gasteiger partial charge in [0.25, 0.3) is 0 Å². The quantitative estimate of drug-likeness (QED) is 0.192. The molecule has 11 aromatic rings. The topological polar surface area (TPSA) is 42.7 Å². The third-order valence-corrected chi connectivity index (χ3v) is 10.1. The molecule has 0 aliphatic heterocycles.